The Kier molecular flexibility index (Phi) is 6.52. The number of amides is 1. The minimum absolute atomic E-state index is 0.112. The lowest BCUT2D eigenvalue weighted by Gasteiger charge is -2.36. The van der Waals surface area contributed by atoms with E-state index in [0.29, 0.717) is 12.6 Å². The Morgan fingerprint density at radius 1 is 1.35 bits per heavy atom. The molecule has 1 saturated heterocycles. The van der Waals surface area contributed by atoms with E-state index in [1.54, 1.807) is 0 Å². The maximum Gasteiger partial charge on any atom is 0.248 e. The van der Waals surface area contributed by atoms with Gasteiger partial charge in [0.05, 0.1) is 0 Å². The maximum absolute atomic E-state index is 11.8. The molecule has 1 aliphatic heterocycles. The molecule has 0 atom stereocenters. The zero-order chi connectivity index (χ0) is 12.7. The zero-order valence-corrected chi connectivity index (χ0v) is 11.4. The van der Waals surface area contributed by atoms with E-state index in [-0.39, 0.29) is 12.5 Å². The van der Waals surface area contributed by atoms with Gasteiger partial charge in [0.2, 0.25) is 5.91 Å². The van der Waals surface area contributed by atoms with Gasteiger partial charge < -0.3 is 14.5 Å². The summed E-state index contributed by atoms with van der Waals surface area (Å²) in [4.78, 5) is 16.2. The first-order chi connectivity index (χ1) is 8.19. The highest BCUT2D eigenvalue weighted by molar-refractivity contribution is 5.77. The van der Waals surface area contributed by atoms with Crippen LogP contribution in [0.25, 0.3) is 0 Å². The van der Waals surface area contributed by atoms with Crippen molar-refractivity contribution in [3.05, 3.63) is 0 Å². The second-order valence-electron chi connectivity index (χ2n) is 4.71. The first-order valence-corrected chi connectivity index (χ1v) is 6.74. The van der Waals surface area contributed by atoms with E-state index < -0.39 is 0 Å². The number of nitrogens with zero attached hydrogens (tertiary/aromatic N) is 2. The summed E-state index contributed by atoms with van der Waals surface area (Å²) < 4.78 is 5.17. The van der Waals surface area contributed by atoms with Crippen LogP contribution in [0.2, 0.25) is 0 Å². The first-order valence-electron chi connectivity index (χ1n) is 6.74. The number of likely N-dealkylation sites (tertiary alicyclic amines) is 1. The number of piperidine rings is 1. The van der Waals surface area contributed by atoms with Crippen molar-refractivity contribution >= 4 is 5.91 Å². The average Bonchev–Trinajstić information content (AvgIpc) is 2.36. The molecule has 0 aromatic carbocycles. The normalized spacial score (nSPS) is 18.3. The molecule has 100 valence electrons. The van der Waals surface area contributed by atoms with Crippen LogP contribution in [0.15, 0.2) is 0 Å². The second kappa shape index (κ2) is 7.67. The fourth-order valence-electron chi connectivity index (χ4n) is 2.34. The number of ether oxygens (including phenoxy) is 1. The monoisotopic (exact) mass is 242 g/mol. The smallest absolute Gasteiger partial charge is 0.248 e. The summed E-state index contributed by atoms with van der Waals surface area (Å²) in [7, 11) is 1.90. The van der Waals surface area contributed by atoms with E-state index >= 15 is 0 Å². The molecule has 0 bridgehead atoms. The van der Waals surface area contributed by atoms with Crippen molar-refractivity contribution in [3.8, 4) is 0 Å². The van der Waals surface area contributed by atoms with E-state index in [9.17, 15) is 4.79 Å². The van der Waals surface area contributed by atoms with Crippen LogP contribution < -0.4 is 0 Å². The average molecular weight is 242 g/mol. The van der Waals surface area contributed by atoms with E-state index in [1.807, 2.05) is 18.9 Å². The summed E-state index contributed by atoms with van der Waals surface area (Å²) in [5.41, 5.74) is 0. The Labute approximate surface area is 105 Å². The lowest BCUT2D eigenvalue weighted by atomic mass is 10.0. The minimum atomic E-state index is 0.112. The summed E-state index contributed by atoms with van der Waals surface area (Å²) in [5.74, 6) is 0.112. The SMILES string of the molecule is CCCN1CCC(N(C)C(=O)COCC)CC1. The van der Waals surface area contributed by atoms with Gasteiger partial charge in [0.15, 0.2) is 0 Å². The summed E-state index contributed by atoms with van der Waals surface area (Å²) in [6.07, 6.45) is 3.40. The van der Waals surface area contributed by atoms with E-state index in [4.69, 9.17) is 4.74 Å². The van der Waals surface area contributed by atoms with Crippen LogP contribution in [0.3, 0.4) is 0 Å². The molecule has 1 amide bonds. The van der Waals surface area contributed by atoms with Crippen LogP contribution in [0.1, 0.15) is 33.1 Å². The molecule has 0 unspecified atom stereocenters. The molecule has 17 heavy (non-hydrogen) atoms. The van der Waals surface area contributed by atoms with Crippen molar-refractivity contribution in [1.82, 2.24) is 9.80 Å². The largest absolute Gasteiger partial charge is 0.372 e. The van der Waals surface area contributed by atoms with Crippen molar-refractivity contribution in [2.24, 2.45) is 0 Å². The van der Waals surface area contributed by atoms with Crippen LogP contribution >= 0.6 is 0 Å². The third kappa shape index (κ3) is 4.64. The highest BCUT2D eigenvalue weighted by Crippen LogP contribution is 2.15. The molecule has 1 rings (SSSR count). The third-order valence-corrected chi connectivity index (χ3v) is 3.47. The van der Waals surface area contributed by atoms with Crippen molar-refractivity contribution in [2.75, 3.05) is 39.9 Å². The van der Waals surface area contributed by atoms with Gasteiger partial charge >= 0.3 is 0 Å². The minimum Gasteiger partial charge on any atom is -0.372 e. The van der Waals surface area contributed by atoms with Crippen molar-refractivity contribution in [1.29, 1.82) is 0 Å². The Hall–Kier alpha value is -0.610. The molecule has 1 fully saturated rings. The first kappa shape index (κ1) is 14.5. The van der Waals surface area contributed by atoms with E-state index in [2.05, 4.69) is 11.8 Å². The van der Waals surface area contributed by atoms with E-state index in [0.717, 1.165) is 25.9 Å². The van der Waals surface area contributed by atoms with Gasteiger partial charge in [-0.15, -0.1) is 0 Å². The predicted octanol–water partition coefficient (Wildman–Crippen LogP) is 1.36. The molecule has 0 saturated carbocycles. The lowest BCUT2D eigenvalue weighted by Crippen LogP contribution is -2.46. The predicted molar refractivity (Wildman–Crippen MR) is 69.0 cm³/mol. The van der Waals surface area contributed by atoms with Gasteiger partial charge in [-0.1, -0.05) is 6.92 Å². The zero-order valence-electron chi connectivity index (χ0n) is 11.4. The number of likely N-dealkylation sites (N-methyl/N-ethyl adjacent to an activating group) is 1. The van der Waals surface area contributed by atoms with E-state index in [1.165, 1.54) is 13.0 Å². The molecular formula is C13H26N2O2. The Morgan fingerprint density at radius 2 is 2.00 bits per heavy atom. The van der Waals surface area contributed by atoms with Crippen molar-refractivity contribution < 1.29 is 9.53 Å². The number of hydrogen-bond acceptors (Lipinski definition) is 3. The van der Waals surface area contributed by atoms with Crippen molar-refractivity contribution in [2.45, 2.75) is 39.2 Å². The van der Waals surface area contributed by atoms with Gasteiger partial charge in [0.1, 0.15) is 6.61 Å². The molecule has 0 aromatic heterocycles. The van der Waals surface area contributed by atoms with Gasteiger partial charge in [-0.3, -0.25) is 4.79 Å². The highest BCUT2D eigenvalue weighted by atomic mass is 16.5. The quantitative estimate of drug-likeness (QED) is 0.705. The fraction of sp³-hybridized carbons (Fsp3) is 0.923. The van der Waals surface area contributed by atoms with Gasteiger partial charge in [-0.25, -0.2) is 0 Å². The number of rotatable bonds is 6. The molecule has 4 nitrogen and oxygen atoms in total. The fourth-order valence-corrected chi connectivity index (χ4v) is 2.34. The van der Waals surface area contributed by atoms with Crippen molar-refractivity contribution in [3.63, 3.8) is 0 Å². The molecule has 0 aromatic rings. The number of carbonyl (C=O) groups is 1. The lowest BCUT2D eigenvalue weighted by molar-refractivity contribution is -0.137. The topological polar surface area (TPSA) is 32.8 Å². The molecule has 0 N–H and O–H groups in total. The summed E-state index contributed by atoms with van der Waals surface area (Å²) >= 11 is 0. The number of hydrogen-bond donors (Lipinski definition) is 0. The molecule has 1 aliphatic rings. The number of carbonyl (C=O) groups excluding carboxylic acids is 1. The van der Waals surface area contributed by atoms with Crippen LogP contribution in [0.4, 0.5) is 0 Å². The summed E-state index contributed by atoms with van der Waals surface area (Å²) in [6, 6.07) is 0.399. The molecule has 0 spiro atoms. The van der Waals surface area contributed by atoms with Gasteiger partial charge in [-0.05, 0) is 32.7 Å². The second-order valence-corrected chi connectivity index (χ2v) is 4.71. The molecule has 0 radical (unpaired) electrons. The van der Waals surface area contributed by atoms with Crippen LogP contribution in [0.5, 0.6) is 0 Å². The molecule has 0 aliphatic carbocycles. The standard InChI is InChI=1S/C13H26N2O2/c1-4-8-15-9-6-12(7-10-15)14(3)13(16)11-17-5-2/h12H,4-11H2,1-3H3. The van der Waals surface area contributed by atoms with Crippen LogP contribution in [-0.4, -0.2) is 61.6 Å². The Morgan fingerprint density at radius 3 is 2.53 bits per heavy atom. The highest BCUT2D eigenvalue weighted by Gasteiger charge is 2.24. The van der Waals surface area contributed by atoms with Crippen LogP contribution in [-0.2, 0) is 9.53 Å². The summed E-state index contributed by atoms with van der Waals surface area (Å²) in [5, 5.41) is 0. The third-order valence-electron chi connectivity index (χ3n) is 3.47. The Balaban J connectivity index is 2.29. The van der Waals surface area contributed by atoms with Gasteiger partial charge in [0.25, 0.3) is 0 Å². The molecular weight excluding hydrogens is 216 g/mol. The summed E-state index contributed by atoms with van der Waals surface area (Å²) in [6.45, 7) is 8.37. The van der Waals surface area contributed by atoms with Gasteiger partial charge in [0, 0.05) is 32.8 Å². The Bertz CT molecular complexity index is 225. The maximum atomic E-state index is 11.8. The van der Waals surface area contributed by atoms with Gasteiger partial charge in [-0.2, -0.15) is 0 Å². The molecule has 4 heteroatoms. The molecule has 1 heterocycles. The van der Waals surface area contributed by atoms with Crippen LogP contribution in [0, 0.1) is 0 Å².